The van der Waals surface area contributed by atoms with E-state index in [0.29, 0.717) is 0 Å². The minimum atomic E-state index is -0.983. The number of unbranched alkanes of at least 4 members (excludes halogenated alkanes) is 1. The zero-order chi connectivity index (χ0) is 9.45. The lowest BCUT2D eigenvalue weighted by Crippen LogP contribution is -2.13. The predicted molar refractivity (Wildman–Crippen MR) is 69.2 cm³/mol. The summed E-state index contributed by atoms with van der Waals surface area (Å²) in [6, 6.07) is 0. The van der Waals surface area contributed by atoms with Crippen molar-refractivity contribution in [2.75, 3.05) is 17.3 Å². The maximum absolute atomic E-state index is 5.71. The molecule has 0 aliphatic heterocycles. The molecular formula is C9H22S3. The van der Waals surface area contributed by atoms with Crippen molar-refractivity contribution in [3.8, 4) is 0 Å². The smallest absolute Gasteiger partial charge is 0.00202 e. The largest absolute Gasteiger partial charge is 0.164 e. The van der Waals surface area contributed by atoms with Crippen molar-refractivity contribution in [2.45, 2.75) is 40.0 Å². The van der Waals surface area contributed by atoms with Crippen LogP contribution in [0.4, 0.5) is 0 Å². The third-order valence-electron chi connectivity index (χ3n) is 1.86. The molecule has 0 nitrogen and oxygen atoms in total. The summed E-state index contributed by atoms with van der Waals surface area (Å²) in [6.07, 6.45) is 3.90. The van der Waals surface area contributed by atoms with Crippen molar-refractivity contribution in [2.24, 2.45) is 0 Å². The van der Waals surface area contributed by atoms with Gasteiger partial charge in [0, 0.05) is 5.75 Å². The minimum Gasteiger partial charge on any atom is -0.164 e. The van der Waals surface area contributed by atoms with E-state index in [-0.39, 0.29) is 0 Å². The molecule has 0 bridgehead atoms. The molecule has 0 N–H and O–H groups in total. The van der Waals surface area contributed by atoms with Gasteiger partial charge in [0.2, 0.25) is 0 Å². The fourth-order valence-corrected chi connectivity index (χ4v) is 6.84. The van der Waals surface area contributed by atoms with E-state index in [4.69, 9.17) is 11.2 Å². The van der Waals surface area contributed by atoms with Gasteiger partial charge in [0.1, 0.15) is 0 Å². The average Bonchev–Trinajstić information content (AvgIpc) is 2.11. The van der Waals surface area contributed by atoms with Crippen LogP contribution in [-0.4, -0.2) is 17.3 Å². The van der Waals surface area contributed by atoms with E-state index in [1.54, 1.807) is 0 Å². The Morgan fingerprint density at radius 3 is 2.25 bits per heavy atom. The molecule has 3 heteroatoms. The van der Waals surface area contributed by atoms with Crippen LogP contribution >= 0.6 is 10.8 Å². The number of hydrogen-bond donors (Lipinski definition) is 1. The molecule has 76 valence electrons. The summed E-state index contributed by atoms with van der Waals surface area (Å²) in [5.74, 6) is 3.84. The molecule has 0 saturated heterocycles. The Bertz CT molecular complexity index is 131. The maximum atomic E-state index is 5.71. The molecule has 0 unspecified atom stereocenters. The van der Waals surface area contributed by atoms with Crippen molar-refractivity contribution in [1.82, 2.24) is 0 Å². The Morgan fingerprint density at radius 1 is 1.17 bits per heavy atom. The summed E-state index contributed by atoms with van der Waals surface area (Å²) in [5, 5.41) is 0. The molecule has 0 aromatic rings. The topological polar surface area (TPSA) is 0 Å². The summed E-state index contributed by atoms with van der Waals surface area (Å²) < 4.78 is 0. The lowest BCUT2D eigenvalue weighted by atomic mass is 10.4. The van der Waals surface area contributed by atoms with Crippen molar-refractivity contribution in [3.05, 3.63) is 0 Å². The second kappa shape index (κ2) is 7.34. The lowest BCUT2D eigenvalue weighted by molar-refractivity contribution is 0.894. The molecule has 0 heterocycles. The summed E-state index contributed by atoms with van der Waals surface area (Å²) in [4.78, 5) is 0. The van der Waals surface area contributed by atoms with Crippen LogP contribution in [-0.2, 0) is 18.8 Å². The van der Waals surface area contributed by atoms with Crippen molar-refractivity contribution in [1.29, 1.82) is 0 Å². The summed E-state index contributed by atoms with van der Waals surface area (Å²) >= 11 is 5.71. The van der Waals surface area contributed by atoms with Crippen LogP contribution < -0.4 is 0 Å². The van der Waals surface area contributed by atoms with Gasteiger partial charge < -0.3 is 0 Å². The lowest BCUT2D eigenvalue weighted by Gasteiger charge is -2.24. The zero-order valence-corrected chi connectivity index (χ0v) is 11.0. The van der Waals surface area contributed by atoms with E-state index in [1.165, 1.54) is 36.5 Å². The molecule has 0 spiro atoms. The third kappa shape index (κ3) is 5.55. The molecule has 0 aliphatic rings. The van der Waals surface area contributed by atoms with Gasteiger partial charge in [-0.1, -0.05) is 38.4 Å². The predicted octanol–water partition coefficient (Wildman–Crippen LogP) is 3.21. The van der Waals surface area contributed by atoms with Crippen LogP contribution in [0.15, 0.2) is 0 Å². The normalized spacial score (nSPS) is 13.2. The minimum absolute atomic E-state index is 0.983. The SMILES string of the molecule is CCCC[SH](=S)(CC)SCCC. The highest BCUT2D eigenvalue weighted by atomic mass is 33.4. The van der Waals surface area contributed by atoms with Crippen LogP contribution in [0.5, 0.6) is 0 Å². The molecule has 0 aromatic heterocycles. The van der Waals surface area contributed by atoms with Gasteiger partial charge in [-0.05, 0) is 24.3 Å². The van der Waals surface area contributed by atoms with Gasteiger partial charge in [-0.3, -0.25) is 0 Å². The van der Waals surface area contributed by atoms with E-state index in [0.717, 1.165) is 0 Å². The molecule has 0 amide bonds. The van der Waals surface area contributed by atoms with Crippen molar-refractivity contribution >= 4 is 29.6 Å². The molecule has 0 saturated carbocycles. The Labute approximate surface area is 86.9 Å². The average molecular weight is 226 g/mol. The first kappa shape index (κ1) is 12.9. The Kier molecular flexibility index (Phi) is 7.90. The van der Waals surface area contributed by atoms with Gasteiger partial charge in [0.15, 0.2) is 0 Å². The number of hydrogen-bond acceptors (Lipinski definition) is 2. The van der Waals surface area contributed by atoms with Gasteiger partial charge in [0.05, 0.1) is 0 Å². The van der Waals surface area contributed by atoms with Crippen LogP contribution in [0.3, 0.4) is 0 Å². The van der Waals surface area contributed by atoms with Crippen LogP contribution in [0.2, 0.25) is 0 Å². The Balaban J connectivity index is 3.79. The molecule has 0 aromatic carbocycles. The first-order valence-corrected chi connectivity index (χ1v) is 9.67. The maximum Gasteiger partial charge on any atom is 0.00202 e. The highest BCUT2D eigenvalue weighted by Gasteiger charge is 2.07. The highest BCUT2D eigenvalue weighted by Crippen LogP contribution is 2.25. The molecule has 0 rings (SSSR count). The fourth-order valence-electron chi connectivity index (χ4n) is 0.971. The van der Waals surface area contributed by atoms with Gasteiger partial charge in [-0.15, -0.1) is 10.8 Å². The van der Waals surface area contributed by atoms with E-state index < -0.39 is 7.62 Å². The molecule has 0 aliphatic carbocycles. The van der Waals surface area contributed by atoms with Crippen LogP contribution in [0.1, 0.15) is 40.0 Å². The van der Waals surface area contributed by atoms with Crippen molar-refractivity contribution < 1.29 is 0 Å². The standard InChI is InChI=1S/C9H22S3/c1-4-7-9-12(10,6-3)11-8-5-2/h12H,4-9H2,1-3H3. The summed E-state index contributed by atoms with van der Waals surface area (Å²) in [6.45, 7) is 6.75. The number of thiol groups is 1. The summed E-state index contributed by atoms with van der Waals surface area (Å²) in [5.41, 5.74) is 0. The first-order valence-electron chi connectivity index (χ1n) is 4.91. The van der Waals surface area contributed by atoms with Gasteiger partial charge in [-0.2, -0.15) is 7.62 Å². The Morgan fingerprint density at radius 2 is 1.83 bits per heavy atom. The fraction of sp³-hybridized carbons (Fsp3) is 1.00. The molecular weight excluding hydrogens is 204 g/mol. The van der Waals surface area contributed by atoms with Gasteiger partial charge in [0.25, 0.3) is 0 Å². The van der Waals surface area contributed by atoms with E-state index in [9.17, 15) is 0 Å². The number of rotatable bonds is 7. The molecule has 0 atom stereocenters. The second-order valence-corrected chi connectivity index (χ2v) is 12.1. The first-order chi connectivity index (χ1) is 5.68. The molecule has 0 fully saturated rings. The Hall–Kier alpha value is 0.920. The summed E-state index contributed by atoms with van der Waals surface area (Å²) in [7, 11) is 1.11. The van der Waals surface area contributed by atoms with Gasteiger partial charge >= 0.3 is 0 Å². The van der Waals surface area contributed by atoms with Crippen LogP contribution in [0.25, 0.3) is 0 Å². The highest BCUT2D eigenvalue weighted by molar-refractivity contribution is 8.90. The van der Waals surface area contributed by atoms with E-state index >= 15 is 0 Å². The van der Waals surface area contributed by atoms with E-state index in [1.807, 2.05) is 0 Å². The molecule has 0 radical (unpaired) electrons. The monoisotopic (exact) mass is 226 g/mol. The third-order valence-corrected chi connectivity index (χ3v) is 10.4. The van der Waals surface area contributed by atoms with Gasteiger partial charge in [-0.25, -0.2) is 0 Å². The van der Waals surface area contributed by atoms with E-state index in [2.05, 4.69) is 31.6 Å². The second-order valence-electron chi connectivity index (χ2n) is 3.04. The van der Waals surface area contributed by atoms with Crippen molar-refractivity contribution in [3.63, 3.8) is 0 Å². The zero-order valence-electron chi connectivity index (χ0n) is 8.51. The molecule has 12 heavy (non-hydrogen) atoms. The van der Waals surface area contributed by atoms with Crippen LogP contribution in [0, 0.1) is 0 Å². The quantitative estimate of drug-likeness (QED) is 0.523.